The highest BCUT2D eigenvalue weighted by atomic mass is 32.1. The van der Waals surface area contributed by atoms with E-state index in [4.69, 9.17) is 18.1 Å². The molecule has 3 rings (SSSR count). The number of hydrogen-bond acceptors (Lipinski definition) is 5. The molecule has 3 aromatic rings. The van der Waals surface area contributed by atoms with Crippen LogP contribution in [0.3, 0.4) is 0 Å². The van der Waals surface area contributed by atoms with Crippen LogP contribution in [0.5, 0.6) is 0 Å². The Morgan fingerprint density at radius 3 is 2.94 bits per heavy atom. The second kappa shape index (κ2) is 4.17. The Morgan fingerprint density at radius 1 is 1.28 bits per heavy atom. The number of nitrogens with zero attached hydrogens (tertiary/aromatic N) is 3. The van der Waals surface area contributed by atoms with Crippen LogP contribution in [0.1, 0.15) is 0 Å². The summed E-state index contributed by atoms with van der Waals surface area (Å²) in [6.07, 6.45) is 0. The maximum atomic E-state index is 5.16. The molecule has 8 heteroatoms. The molecule has 18 heavy (non-hydrogen) atoms. The van der Waals surface area contributed by atoms with E-state index in [1.165, 1.54) is 0 Å². The summed E-state index contributed by atoms with van der Waals surface area (Å²) in [5, 5.41) is 12.0. The zero-order valence-electron chi connectivity index (χ0n) is 9.14. The van der Waals surface area contributed by atoms with Crippen LogP contribution >= 0.6 is 12.2 Å². The third kappa shape index (κ3) is 1.73. The number of H-pyrrole nitrogens is 1. The predicted octanol–water partition coefficient (Wildman–Crippen LogP) is 0.666. The highest BCUT2D eigenvalue weighted by molar-refractivity contribution is 7.80. The van der Waals surface area contributed by atoms with E-state index in [1.54, 1.807) is 0 Å². The van der Waals surface area contributed by atoms with Crippen molar-refractivity contribution in [3.05, 3.63) is 24.3 Å². The normalized spacial score (nSPS) is 10.7. The molecule has 0 aliphatic rings. The van der Waals surface area contributed by atoms with Crippen LogP contribution in [-0.2, 0) is 0 Å². The van der Waals surface area contributed by atoms with E-state index in [1.807, 2.05) is 24.3 Å². The van der Waals surface area contributed by atoms with Crippen molar-refractivity contribution in [1.82, 2.24) is 25.6 Å². The average Bonchev–Trinajstić information content (AvgIpc) is 2.76. The molecular weight excluding hydrogens is 250 g/mol. The van der Waals surface area contributed by atoms with Crippen LogP contribution < -0.4 is 16.6 Å². The van der Waals surface area contributed by atoms with E-state index in [-0.39, 0.29) is 11.1 Å². The van der Waals surface area contributed by atoms with E-state index < -0.39 is 0 Å². The lowest BCUT2D eigenvalue weighted by Crippen LogP contribution is -2.34. The molecule has 5 N–H and O–H groups in total. The Bertz CT molecular complexity index is 735. The Hall–Kier alpha value is -2.32. The van der Waals surface area contributed by atoms with Crippen molar-refractivity contribution in [3.8, 4) is 0 Å². The minimum atomic E-state index is 0.229. The van der Waals surface area contributed by atoms with Gasteiger partial charge < -0.3 is 10.4 Å². The van der Waals surface area contributed by atoms with Crippen molar-refractivity contribution in [2.24, 2.45) is 5.84 Å². The summed E-state index contributed by atoms with van der Waals surface area (Å²) in [6, 6.07) is 7.80. The molecule has 90 valence electrons. The predicted molar refractivity (Wildman–Crippen MR) is 72.7 cm³/mol. The van der Waals surface area contributed by atoms with Gasteiger partial charge in [-0.1, -0.05) is 18.2 Å². The molecule has 0 bridgehead atoms. The summed E-state index contributed by atoms with van der Waals surface area (Å²) < 4.78 is 0. The maximum Gasteiger partial charge on any atom is 0.250 e. The van der Waals surface area contributed by atoms with Gasteiger partial charge in [0.05, 0.1) is 0 Å². The first-order valence-corrected chi connectivity index (χ1v) is 5.57. The Kier molecular flexibility index (Phi) is 2.50. The molecule has 0 fully saturated rings. The molecule has 0 atom stereocenters. The van der Waals surface area contributed by atoms with E-state index in [0.29, 0.717) is 5.65 Å². The van der Waals surface area contributed by atoms with Crippen molar-refractivity contribution < 1.29 is 0 Å². The molecule has 7 nitrogen and oxygen atoms in total. The topological polar surface area (TPSA) is 105 Å². The van der Waals surface area contributed by atoms with Gasteiger partial charge in [0.15, 0.2) is 10.8 Å². The monoisotopic (exact) mass is 259 g/mol. The van der Waals surface area contributed by atoms with Gasteiger partial charge in [0.2, 0.25) is 0 Å². The molecule has 0 unspecified atom stereocenters. The fourth-order valence-electron chi connectivity index (χ4n) is 1.71. The van der Waals surface area contributed by atoms with E-state index in [9.17, 15) is 0 Å². The number of hydrogen-bond donors (Lipinski definition) is 4. The molecule has 0 radical (unpaired) electrons. The maximum absolute atomic E-state index is 5.16. The fraction of sp³-hybridized carbons (Fsp3) is 0. The van der Waals surface area contributed by atoms with Crippen molar-refractivity contribution in [2.75, 3.05) is 5.32 Å². The number of aromatic amines is 1. The van der Waals surface area contributed by atoms with Gasteiger partial charge in [0, 0.05) is 10.9 Å². The molecule has 0 aliphatic carbocycles. The van der Waals surface area contributed by atoms with Gasteiger partial charge in [-0.2, -0.15) is 4.98 Å². The lowest BCUT2D eigenvalue weighted by atomic mass is 10.2. The standard InChI is InChI=1S/C10H9N7S/c11-15-10(18)14-9-13-8-7(16-17-9)5-3-1-2-4-6(5)12-8/h1-4H,11H2,(H3,12,13,14,15,17,18). The number of para-hydroxylation sites is 1. The van der Waals surface area contributed by atoms with Gasteiger partial charge in [0.1, 0.15) is 5.52 Å². The van der Waals surface area contributed by atoms with Crippen LogP contribution in [0.2, 0.25) is 0 Å². The first kappa shape index (κ1) is 10.8. The van der Waals surface area contributed by atoms with E-state index in [0.717, 1.165) is 16.4 Å². The van der Waals surface area contributed by atoms with Gasteiger partial charge >= 0.3 is 0 Å². The fourth-order valence-corrected chi connectivity index (χ4v) is 1.80. The Labute approximate surface area is 107 Å². The Morgan fingerprint density at radius 2 is 2.11 bits per heavy atom. The highest BCUT2D eigenvalue weighted by Gasteiger charge is 2.08. The first-order valence-electron chi connectivity index (χ1n) is 5.16. The van der Waals surface area contributed by atoms with E-state index >= 15 is 0 Å². The van der Waals surface area contributed by atoms with Crippen LogP contribution in [0, 0.1) is 0 Å². The zero-order valence-corrected chi connectivity index (χ0v) is 9.95. The number of aromatic nitrogens is 4. The molecule has 1 aromatic carbocycles. The summed E-state index contributed by atoms with van der Waals surface area (Å²) in [4.78, 5) is 7.44. The van der Waals surface area contributed by atoms with Gasteiger partial charge in [-0.3, -0.25) is 5.32 Å². The number of rotatable bonds is 1. The summed E-state index contributed by atoms with van der Waals surface area (Å²) in [7, 11) is 0. The van der Waals surface area contributed by atoms with Crippen molar-refractivity contribution in [1.29, 1.82) is 0 Å². The largest absolute Gasteiger partial charge is 0.338 e. The number of benzene rings is 1. The molecule has 2 aromatic heterocycles. The third-order valence-electron chi connectivity index (χ3n) is 2.48. The summed E-state index contributed by atoms with van der Waals surface area (Å²) in [6.45, 7) is 0. The lowest BCUT2D eigenvalue weighted by Gasteiger charge is -2.03. The van der Waals surface area contributed by atoms with Crippen molar-refractivity contribution in [3.63, 3.8) is 0 Å². The number of thiocarbonyl (C=S) groups is 1. The summed E-state index contributed by atoms with van der Waals surface area (Å²) in [5.41, 5.74) is 4.63. The minimum Gasteiger partial charge on any atom is -0.338 e. The average molecular weight is 259 g/mol. The molecule has 0 saturated heterocycles. The minimum absolute atomic E-state index is 0.229. The lowest BCUT2D eigenvalue weighted by molar-refractivity contribution is 1.01. The number of fused-ring (bicyclic) bond motifs is 3. The molecule has 0 amide bonds. The Balaban J connectivity index is 2.12. The van der Waals surface area contributed by atoms with Gasteiger partial charge in [-0.15, -0.1) is 10.2 Å². The molecule has 0 spiro atoms. The number of anilines is 1. The quantitative estimate of drug-likeness (QED) is 0.289. The molecule has 2 heterocycles. The number of nitrogens with one attached hydrogen (secondary N) is 3. The van der Waals surface area contributed by atoms with Crippen LogP contribution in [0.4, 0.5) is 5.95 Å². The van der Waals surface area contributed by atoms with Gasteiger partial charge in [-0.25, -0.2) is 5.84 Å². The second-order valence-corrected chi connectivity index (χ2v) is 4.01. The number of nitrogens with two attached hydrogens (primary N) is 1. The zero-order chi connectivity index (χ0) is 12.5. The third-order valence-corrected chi connectivity index (χ3v) is 2.70. The highest BCUT2D eigenvalue weighted by Crippen LogP contribution is 2.21. The van der Waals surface area contributed by atoms with Crippen LogP contribution in [0.25, 0.3) is 22.1 Å². The van der Waals surface area contributed by atoms with Gasteiger partial charge in [0.25, 0.3) is 5.95 Å². The SMILES string of the molecule is NNC(=S)Nc1nnc2c(n1)[nH]c1ccccc12. The summed E-state index contributed by atoms with van der Waals surface area (Å²) in [5.74, 6) is 5.45. The van der Waals surface area contributed by atoms with Crippen molar-refractivity contribution in [2.45, 2.75) is 0 Å². The molecule has 0 saturated carbocycles. The molecule has 0 aliphatic heterocycles. The second-order valence-electron chi connectivity index (χ2n) is 3.60. The van der Waals surface area contributed by atoms with Crippen molar-refractivity contribution >= 4 is 45.3 Å². The molecular formula is C10H9N7S. The smallest absolute Gasteiger partial charge is 0.250 e. The summed E-state index contributed by atoms with van der Waals surface area (Å²) >= 11 is 4.86. The van der Waals surface area contributed by atoms with Gasteiger partial charge in [-0.05, 0) is 18.3 Å². The van der Waals surface area contributed by atoms with E-state index in [2.05, 4.69) is 30.9 Å². The number of hydrazine groups is 1. The van der Waals surface area contributed by atoms with Crippen LogP contribution in [-0.4, -0.2) is 25.3 Å². The first-order chi connectivity index (χ1) is 8.78. The van der Waals surface area contributed by atoms with Crippen LogP contribution in [0.15, 0.2) is 24.3 Å².